The molecule has 1 N–H and O–H groups in total. The molecule has 0 aliphatic carbocycles. The van der Waals surface area contributed by atoms with E-state index in [1.165, 1.54) is 0 Å². The van der Waals surface area contributed by atoms with Gasteiger partial charge in [0.05, 0.1) is 11.9 Å². The molecule has 98 valence electrons. The van der Waals surface area contributed by atoms with Gasteiger partial charge in [-0.2, -0.15) is 5.10 Å². The zero-order valence-corrected chi connectivity index (χ0v) is 10.9. The highest BCUT2D eigenvalue weighted by atomic mass is 15.4. The second-order valence-electron chi connectivity index (χ2n) is 4.09. The molecule has 2 heterocycles. The Hall–Kier alpha value is -1.76. The van der Waals surface area contributed by atoms with Gasteiger partial charge in [-0.05, 0) is 13.0 Å². The fourth-order valence-corrected chi connectivity index (χ4v) is 1.70. The van der Waals surface area contributed by atoms with Gasteiger partial charge in [0.25, 0.3) is 0 Å². The first-order chi connectivity index (χ1) is 8.83. The molecular formula is C11H19N7. The molecule has 0 aliphatic rings. The average Bonchev–Trinajstić information content (AvgIpc) is 2.98. The normalized spacial score (nSPS) is 11.0. The molecule has 18 heavy (non-hydrogen) atoms. The van der Waals surface area contributed by atoms with Gasteiger partial charge in [-0.25, -0.2) is 14.3 Å². The van der Waals surface area contributed by atoms with E-state index in [-0.39, 0.29) is 0 Å². The second kappa shape index (κ2) is 6.25. The third-order valence-electron chi connectivity index (χ3n) is 2.58. The summed E-state index contributed by atoms with van der Waals surface area (Å²) in [6.45, 7) is 7.36. The largest absolute Gasteiger partial charge is 0.311 e. The minimum atomic E-state index is 0.610. The Kier molecular flexibility index (Phi) is 4.40. The summed E-state index contributed by atoms with van der Waals surface area (Å²) in [4.78, 5) is 4.25. The molecule has 2 aromatic heterocycles. The molecular weight excluding hydrogens is 230 g/mol. The van der Waals surface area contributed by atoms with Crippen LogP contribution in [0.25, 0.3) is 0 Å². The van der Waals surface area contributed by atoms with Crippen molar-refractivity contribution in [1.29, 1.82) is 0 Å². The van der Waals surface area contributed by atoms with Crippen LogP contribution in [0.1, 0.15) is 31.8 Å². The predicted octanol–water partition coefficient (Wildman–Crippen LogP) is 0.437. The summed E-state index contributed by atoms with van der Waals surface area (Å²) < 4.78 is 3.70. The predicted molar refractivity (Wildman–Crippen MR) is 66.8 cm³/mol. The average molecular weight is 249 g/mol. The summed E-state index contributed by atoms with van der Waals surface area (Å²) in [5.41, 5.74) is 0.943. The van der Waals surface area contributed by atoms with Crippen LogP contribution in [0.15, 0.2) is 12.5 Å². The maximum Gasteiger partial charge on any atom is 0.148 e. The molecule has 0 aliphatic heterocycles. The Morgan fingerprint density at radius 2 is 2.22 bits per heavy atom. The van der Waals surface area contributed by atoms with Gasteiger partial charge in [-0.1, -0.05) is 19.1 Å². The van der Waals surface area contributed by atoms with E-state index in [0.29, 0.717) is 6.54 Å². The van der Waals surface area contributed by atoms with E-state index >= 15 is 0 Å². The van der Waals surface area contributed by atoms with Gasteiger partial charge in [0.2, 0.25) is 0 Å². The highest BCUT2D eigenvalue weighted by Crippen LogP contribution is 2.00. The number of hydrogen-bond donors (Lipinski definition) is 1. The van der Waals surface area contributed by atoms with E-state index in [1.807, 2.05) is 10.9 Å². The molecule has 2 rings (SSSR count). The van der Waals surface area contributed by atoms with Crippen molar-refractivity contribution in [2.24, 2.45) is 0 Å². The topological polar surface area (TPSA) is 73.5 Å². The van der Waals surface area contributed by atoms with Crippen LogP contribution < -0.4 is 5.32 Å². The number of aryl methyl sites for hydroxylation is 1. The molecule has 2 aromatic rings. The molecule has 0 saturated carbocycles. The molecule has 0 atom stereocenters. The van der Waals surface area contributed by atoms with E-state index in [2.05, 4.69) is 39.6 Å². The maximum atomic E-state index is 4.25. The third-order valence-corrected chi connectivity index (χ3v) is 2.58. The number of rotatable bonds is 7. The molecule has 0 radical (unpaired) electrons. The number of aromatic nitrogens is 6. The minimum absolute atomic E-state index is 0.610. The Morgan fingerprint density at radius 3 is 3.00 bits per heavy atom. The number of nitrogens with zero attached hydrogens (tertiary/aromatic N) is 6. The summed E-state index contributed by atoms with van der Waals surface area (Å²) in [7, 11) is 0. The molecule has 0 fully saturated rings. The van der Waals surface area contributed by atoms with E-state index in [9.17, 15) is 0 Å². The summed E-state index contributed by atoms with van der Waals surface area (Å²) in [6, 6.07) is 0. The number of hydrogen-bond acceptors (Lipinski definition) is 5. The van der Waals surface area contributed by atoms with E-state index < -0.39 is 0 Å². The van der Waals surface area contributed by atoms with Crippen LogP contribution in [0.2, 0.25) is 0 Å². The van der Waals surface area contributed by atoms with Crippen molar-refractivity contribution in [3.63, 3.8) is 0 Å². The Bertz CT molecular complexity index is 473. The fraction of sp³-hybridized carbons (Fsp3) is 0.636. The molecule has 0 unspecified atom stereocenters. The van der Waals surface area contributed by atoms with Gasteiger partial charge in [0, 0.05) is 13.1 Å². The molecule has 0 amide bonds. The first kappa shape index (κ1) is 12.7. The summed E-state index contributed by atoms with van der Waals surface area (Å²) >= 11 is 0. The lowest BCUT2D eigenvalue weighted by Gasteiger charge is -2.03. The van der Waals surface area contributed by atoms with Crippen LogP contribution in [0, 0.1) is 0 Å². The van der Waals surface area contributed by atoms with Gasteiger partial charge in [-0.3, -0.25) is 0 Å². The van der Waals surface area contributed by atoms with Gasteiger partial charge < -0.3 is 5.32 Å². The quantitative estimate of drug-likeness (QED) is 0.770. The summed E-state index contributed by atoms with van der Waals surface area (Å²) in [6.07, 6.45) is 4.56. The zero-order chi connectivity index (χ0) is 12.8. The lowest BCUT2D eigenvalue weighted by Crippen LogP contribution is -2.12. The molecule has 0 saturated heterocycles. The summed E-state index contributed by atoms with van der Waals surface area (Å²) in [5, 5.41) is 15.6. The lowest BCUT2D eigenvalue weighted by atomic mass is 10.4. The Labute approximate surface area is 106 Å². The lowest BCUT2D eigenvalue weighted by molar-refractivity contribution is 0.532. The van der Waals surface area contributed by atoms with Crippen molar-refractivity contribution < 1.29 is 0 Å². The highest BCUT2D eigenvalue weighted by molar-refractivity contribution is 4.94. The van der Waals surface area contributed by atoms with E-state index in [1.54, 1.807) is 11.0 Å². The zero-order valence-electron chi connectivity index (χ0n) is 10.9. The van der Waals surface area contributed by atoms with E-state index in [4.69, 9.17) is 0 Å². The maximum absolute atomic E-state index is 4.25. The first-order valence-electron chi connectivity index (χ1n) is 6.29. The SMILES string of the molecule is CCCn1ncnc1Cn1cc(CNCC)nn1. The van der Waals surface area contributed by atoms with Crippen molar-refractivity contribution >= 4 is 0 Å². The van der Waals surface area contributed by atoms with Crippen LogP contribution in [0.4, 0.5) is 0 Å². The summed E-state index contributed by atoms with van der Waals surface area (Å²) in [5.74, 6) is 0.914. The van der Waals surface area contributed by atoms with Crippen molar-refractivity contribution in [3.05, 3.63) is 24.0 Å². The Balaban J connectivity index is 1.99. The smallest absolute Gasteiger partial charge is 0.148 e. The van der Waals surface area contributed by atoms with Crippen LogP contribution in [0.5, 0.6) is 0 Å². The molecule has 0 bridgehead atoms. The van der Waals surface area contributed by atoms with Gasteiger partial charge in [-0.15, -0.1) is 5.10 Å². The number of nitrogens with one attached hydrogen (secondary N) is 1. The van der Waals surface area contributed by atoms with Gasteiger partial charge >= 0.3 is 0 Å². The molecule has 0 aromatic carbocycles. The van der Waals surface area contributed by atoms with Crippen molar-refractivity contribution in [2.45, 2.75) is 39.9 Å². The monoisotopic (exact) mass is 249 g/mol. The molecule has 7 nitrogen and oxygen atoms in total. The molecule has 7 heteroatoms. The van der Waals surface area contributed by atoms with E-state index in [0.717, 1.165) is 37.6 Å². The highest BCUT2D eigenvalue weighted by Gasteiger charge is 2.06. The molecule has 0 spiro atoms. The van der Waals surface area contributed by atoms with Crippen molar-refractivity contribution in [3.8, 4) is 0 Å². The van der Waals surface area contributed by atoms with Crippen molar-refractivity contribution in [1.82, 2.24) is 35.1 Å². The van der Waals surface area contributed by atoms with Crippen LogP contribution in [0.3, 0.4) is 0 Å². The van der Waals surface area contributed by atoms with Crippen molar-refractivity contribution in [2.75, 3.05) is 6.54 Å². The minimum Gasteiger partial charge on any atom is -0.311 e. The Morgan fingerprint density at radius 1 is 1.33 bits per heavy atom. The van der Waals surface area contributed by atoms with Gasteiger partial charge in [0.15, 0.2) is 0 Å². The van der Waals surface area contributed by atoms with Crippen LogP contribution in [-0.4, -0.2) is 36.3 Å². The fourth-order valence-electron chi connectivity index (χ4n) is 1.70. The first-order valence-corrected chi connectivity index (χ1v) is 6.29. The van der Waals surface area contributed by atoms with Gasteiger partial charge in [0.1, 0.15) is 18.7 Å². The van der Waals surface area contributed by atoms with Crippen LogP contribution in [-0.2, 0) is 19.6 Å². The standard InChI is InChI=1S/C11H19N7/c1-3-5-18-11(13-9-14-18)8-17-7-10(15-16-17)6-12-4-2/h7,9,12H,3-6,8H2,1-2H3. The second-order valence-corrected chi connectivity index (χ2v) is 4.09. The van der Waals surface area contributed by atoms with Crippen LogP contribution >= 0.6 is 0 Å². The third kappa shape index (κ3) is 3.13.